The average Bonchev–Trinajstić information content (AvgIpc) is 2.24. The Kier molecular flexibility index (Phi) is 5.29. The van der Waals surface area contributed by atoms with Crippen molar-refractivity contribution in [2.24, 2.45) is 5.73 Å². The highest BCUT2D eigenvalue weighted by atomic mass is 32.2. The Hall–Kier alpha value is -1.75. The minimum absolute atomic E-state index is 0.0961. The number of amides is 2. The minimum Gasteiger partial charge on any atom is -0.351 e. The number of rotatable bonds is 4. The summed E-state index contributed by atoms with van der Waals surface area (Å²) < 4.78 is 0. The Labute approximate surface area is 104 Å². The molecule has 0 aliphatic heterocycles. The van der Waals surface area contributed by atoms with Gasteiger partial charge in [-0.1, -0.05) is 36.0 Å². The summed E-state index contributed by atoms with van der Waals surface area (Å²) in [5.74, 6) is 0.642. The molecule has 0 radical (unpaired) electrons. The van der Waals surface area contributed by atoms with Crippen molar-refractivity contribution in [1.29, 1.82) is 0 Å². The van der Waals surface area contributed by atoms with Gasteiger partial charge in [-0.25, -0.2) is 4.79 Å². The van der Waals surface area contributed by atoms with Gasteiger partial charge in [0.05, 0.1) is 0 Å². The molecule has 1 aromatic rings. The van der Waals surface area contributed by atoms with Gasteiger partial charge in [-0.05, 0) is 17.7 Å². The van der Waals surface area contributed by atoms with E-state index in [1.165, 1.54) is 18.7 Å². The van der Waals surface area contributed by atoms with Crippen molar-refractivity contribution in [3.8, 4) is 0 Å². The smallest absolute Gasteiger partial charge is 0.316 e. The van der Waals surface area contributed by atoms with Crippen LogP contribution in [0.4, 0.5) is 10.5 Å². The van der Waals surface area contributed by atoms with Crippen LogP contribution in [-0.4, -0.2) is 16.9 Å². The average molecular weight is 250 g/mol. The minimum atomic E-state index is -0.585. The molecule has 0 heterocycles. The van der Waals surface area contributed by atoms with Crippen molar-refractivity contribution in [3.63, 3.8) is 0 Å². The Morgan fingerprint density at radius 3 is 2.88 bits per heavy atom. The molecule has 3 N–H and O–H groups in total. The van der Waals surface area contributed by atoms with Crippen LogP contribution < -0.4 is 11.1 Å². The lowest BCUT2D eigenvalue weighted by Gasteiger charge is -2.02. The normalized spacial score (nSPS) is 10.4. The number of benzene rings is 1. The monoisotopic (exact) mass is 250 g/mol. The number of thioether (sulfide) groups is 1. The van der Waals surface area contributed by atoms with E-state index in [9.17, 15) is 9.59 Å². The zero-order valence-electron chi connectivity index (χ0n) is 9.47. The molecule has 0 spiro atoms. The molecule has 17 heavy (non-hydrogen) atoms. The number of hydrogen-bond acceptors (Lipinski definition) is 3. The van der Waals surface area contributed by atoms with E-state index in [2.05, 4.69) is 5.32 Å². The molecule has 0 aliphatic carbocycles. The fraction of sp³-hybridized carbons (Fsp3) is 0.167. The van der Waals surface area contributed by atoms with E-state index >= 15 is 0 Å². The van der Waals surface area contributed by atoms with E-state index in [1.807, 2.05) is 24.3 Å². The summed E-state index contributed by atoms with van der Waals surface area (Å²) in [6, 6.07) is 6.70. The van der Waals surface area contributed by atoms with Crippen molar-refractivity contribution in [2.45, 2.75) is 6.92 Å². The fourth-order valence-corrected chi connectivity index (χ4v) is 1.64. The van der Waals surface area contributed by atoms with Gasteiger partial charge in [-0.15, -0.1) is 0 Å². The second kappa shape index (κ2) is 6.75. The van der Waals surface area contributed by atoms with Crippen molar-refractivity contribution in [1.82, 2.24) is 0 Å². The second-order valence-corrected chi connectivity index (χ2v) is 4.52. The third-order valence-electron chi connectivity index (χ3n) is 1.85. The topological polar surface area (TPSA) is 72.2 Å². The van der Waals surface area contributed by atoms with Gasteiger partial charge in [0.1, 0.15) is 0 Å². The highest BCUT2D eigenvalue weighted by molar-refractivity contribution is 8.13. The number of hydrogen-bond donors (Lipinski definition) is 2. The van der Waals surface area contributed by atoms with Gasteiger partial charge in [0.15, 0.2) is 5.12 Å². The predicted octanol–water partition coefficient (Wildman–Crippen LogP) is 2.47. The molecule has 0 atom stereocenters. The van der Waals surface area contributed by atoms with Crippen LogP contribution in [0.5, 0.6) is 0 Å². The van der Waals surface area contributed by atoms with Crippen LogP contribution in [-0.2, 0) is 4.79 Å². The van der Waals surface area contributed by atoms with E-state index in [0.717, 1.165) is 5.56 Å². The Balaban J connectivity index is 2.59. The van der Waals surface area contributed by atoms with E-state index in [4.69, 9.17) is 5.73 Å². The molecule has 2 amide bonds. The summed E-state index contributed by atoms with van der Waals surface area (Å²) in [5.41, 5.74) is 6.62. The number of nitrogens with two attached hydrogens (primary N) is 1. The number of carbonyl (C=O) groups excluding carboxylic acids is 2. The maximum Gasteiger partial charge on any atom is 0.316 e. The number of primary amides is 1. The number of anilines is 1. The summed E-state index contributed by atoms with van der Waals surface area (Å²) in [6.45, 7) is 1.54. The van der Waals surface area contributed by atoms with Gasteiger partial charge in [-0.2, -0.15) is 0 Å². The lowest BCUT2D eigenvalue weighted by atomic mass is 10.2. The largest absolute Gasteiger partial charge is 0.351 e. The zero-order chi connectivity index (χ0) is 12.7. The van der Waals surface area contributed by atoms with Crippen LogP contribution in [0, 0.1) is 0 Å². The number of carbonyl (C=O) groups is 2. The summed E-state index contributed by atoms with van der Waals surface area (Å²) in [4.78, 5) is 21.4. The van der Waals surface area contributed by atoms with Crippen molar-refractivity contribution in [3.05, 3.63) is 35.9 Å². The Bertz CT molecular complexity index is 444. The quantitative estimate of drug-likeness (QED) is 0.862. The standard InChI is InChI=1S/C12H14N2O2S/c1-9(15)17-7-3-5-10-4-2-6-11(8-10)14-12(13)16/h2-6,8H,7H2,1H3,(H3,13,14,16). The first-order valence-corrected chi connectivity index (χ1v) is 6.03. The highest BCUT2D eigenvalue weighted by Crippen LogP contribution is 2.12. The lowest BCUT2D eigenvalue weighted by Crippen LogP contribution is -2.19. The molecule has 0 aromatic heterocycles. The molecule has 90 valence electrons. The van der Waals surface area contributed by atoms with Gasteiger partial charge < -0.3 is 11.1 Å². The van der Waals surface area contributed by atoms with Crippen LogP contribution in [0.2, 0.25) is 0 Å². The van der Waals surface area contributed by atoms with Crippen LogP contribution in [0.3, 0.4) is 0 Å². The summed E-state index contributed by atoms with van der Waals surface area (Å²) >= 11 is 1.25. The molecule has 0 aliphatic rings. The predicted molar refractivity (Wildman–Crippen MR) is 71.8 cm³/mol. The van der Waals surface area contributed by atoms with Gasteiger partial charge in [0.2, 0.25) is 0 Å². The van der Waals surface area contributed by atoms with E-state index in [1.54, 1.807) is 12.1 Å². The van der Waals surface area contributed by atoms with Crippen LogP contribution in [0.25, 0.3) is 6.08 Å². The molecular weight excluding hydrogens is 236 g/mol. The Morgan fingerprint density at radius 1 is 1.47 bits per heavy atom. The first-order valence-electron chi connectivity index (χ1n) is 5.04. The lowest BCUT2D eigenvalue weighted by molar-refractivity contribution is -0.109. The van der Waals surface area contributed by atoms with Crippen LogP contribution >= 0.6 is 11.8 Å². The van der Waals surface area contributed by atoms with Crippen LogP contribution in [0.15, 0.2) is 30.3 Å². The highest BCUT2D eigenvalue weighted by Gasteiger charge is 1.96. The second-order valence-electron chi connectivity index (χ2n) is 3.32. The first kappa shape index (κ1) is 13.3. The molecule has 0 bridgehead atoms. The SMILES string of the molecule is CC(=O)SCC=Cc1cccc(NC(N)=O)c1. The van der Waals surface area contributed by atoms with E-state index in [0.29, 0.717) is 11.4 Å². The van der Waals surface area contributed by atoms with Crippen molar-refractivity contribution < 1.29 is 9.59 Å². The van der Waals surface area contributed by atoms with Crippen molar-refractivity contribution >= 4 is 34.7 Å². The molecule has 0 saturated carbocycles. The third kappa shape index (κ3) is 5.77. The number of nitrogens with one attached hydrogen (secondary N) is 1. The summed E-state index contributed by atoms with van der Waals surface area (Å²) in [6.07, 6.45) is 3.79. The molecule has 1 rings (SSSR count). The summed E-state index contributed by atoms with van der Waals surface area (Å²) in [5, 5.41) is 2.60. The van der Waals surface area contributed by atoms with E-state index < -0.39 is 6.03 Å². The Morgan fingerprint density at radius 2 is 2.24 bits per heavy atom. The fourth-order valence-electron chi connectivity index (χ4n) is 1.21. The molecule has 1 aromatic carbocycles. The van der Waals surface area contributed by atoms with Crippen molar-refractivity contribution in [2.75, 3.05) is 11.1 Å². The summed E-state index contributed by atoms with van der Waals surface area (Å²) in [7, 11) is 0. The van der Waals surface area contributed by atoms with Gasteiger partial charge >= 0.3 is 6.03 Å². The third-order valence-corrected chi connectivity index (χ3v) is 2.61. The molecular formula is C12H14N2O2S. The zero-order valence-corrected chi connectivity index (χ0v) is 10.3. The maximum absolute atomic E-state index is 10.7. The van der Waals surface area contributed by atoms with Crippen LogP contribution in [0.1, 0.15) is 12.5 Å². The van der Waals surface area contributed by atoms with Gasteiger partial charge in [0.25, 0.3) is 0 Å². The van der Waals surface area contributed by atoms with E-state index in [-0.39, 0.29) is 5.12 Å². The molecule has 0 saturated heterocycles. The van der Waals surface area contributed by atoms with Gasteiger partial charge in [-0.3, -0.25) is 4.79 Å². The maximum atomic E-state index is 10.7. The first-order chi connectivity index (χ1) is 8.08. The molecule has 4 nitrogen and oxygen atoms in total. The molecule has 0 unspecified atom stereocenters. The molecule has 5 heteroatoms. The number of urea groups is 1. The van der Waals surface area contributed by atoms with Gasteiger partial charge in [0, 0.05) is 18.4 Å². The molecule has 0 fully saturated rings.